The number of phenols is 1. The molecule has 186 valence electrons. The van der Waals surface area contributed by atoms with Crippen molar-refractivity contribution in [2.45, 2.75) is 48.1 Å². The number of hydrogen-bond acceptors (Lipinski definition) is 6. The smallest absolute Gasteiger partial charge is 0.330 e. The first-order chi connectivity index (χ1) is 15.9. The van der Waals surface area contributed by atoms with Gasteiger partial charge >= 0.3 is 11.9 Å². The molecule has 0 saturated heterocycles. The van der Waals surface area contributed by atoms with Gasteiger partial charge in [0.05, 0.1) is 0 Å². The standard InChI is InChI=1S/C22H24BrNO5.C5H12/c1-3-24(15-18-14-19(23)7-10-21(18)26)12-13-28-22(27)11-6-17-4-8-20(9-5-17)29-16(2)25;1-5(2,3)4/h4-11,14,26H,3,12-13,15H2,1-2H3;1-4H3/b11-6+;. The summed E-state index contributed by atoms with van der Waals surface area (Å²) < 4.78 is 11.1. The van der Waals surface area contributed by atoms with Crippen LogP contribution in [0, 0.1) is 5.41 Å². The third kappa shape index (κ3) is 13.8. The fourth-order valence-corrected chi connectivity index (χ4v) is 2.98. The molecule has 7 heteroatoms. The van der Waals surface area contributed by atoms with Gasteiger partial charge in [0, 0.05) is 36.1 Å². The lowest BCUT2D eigenvalue weighted by atomic mass is 10.0. The van der Waals surface area contributed by atoms with Crippen molar-refractivity contribution in [1.29, 1.82) is 0 Å². The van der Waals surface area contributed by atoms with Crippen molar-refractivity contribution in [3.05, 3.63) is 64.1 Å². The van der Waals surface area contributed by atoms with Crippen molar-refractivity contribution in [3.63, 3.8) is 0 Å². The molecule has 0 amide bonds. The number of halogens is 1. The molecule has 2 rings (SSSR count). The van der Waals surface area contributed by atoms with Gasteiger partial charge in [0.2, 0.25) is 0 Å². The van der Waals surface area contributed by atoms with Crippen LogP contribution in [0.3, 0.4) is 0 Å². The Morgan fingerprint density at radius 1 is 1.09 bits per heavy atom. The van der Waals surface area contributed by atoms with Gasteiger partial charge in [0.1, 0.15) is 18.1 Å². The quantitative estimate of drug-likeness (QED) is 0.234. The summed E-state index contributed by atoms with van der Waals surface area (Å²) in [7, 11) is 0. The minimum absolute atomic E-state index is 0.242. The molecule has 0 radical (unpaired) electrons. The van der Waals surface area contributed by atoms with Crippen molar-refractivity contribution in [2.24, 2.45) is 5.41 Å². The summed E-state index contributed by atoms with van der Waals surface area (Å²) in [6, 6.07) is 12.1. The average molecular weight is 534 g/mol. The Balaban J connectivity index is 0.00000104. The molecule has 0 aromatic heterocycles. The lowest BCUT2D eigenvalue weighted by Crippen LogP contribution is -2.27. The summed E-state index contributed by atoms with van der Waals surface area (Å²) in [5.74, 6) is -0.122. The van der Waals surface area contributed by atoms with Crippen LogP contribution in [-0.4, -0.2) is 41.6 Å². The summed E-state index contributed by atoms with van der Waals surface area (Å²) in [4.78, 5) is 24.9. The third-order valence-corrected chi connectivity index (χ3v) is 4.58. The second kappa shape index (κ2) is 14.6. The van der Waals surface area contributed by atoms with Gasteiger partial charge in [-0.2, -0.15) is 0 Å². The van der Waals surface area contributed by atoms with Crippen LogP contribution in [0.25, 0.3) is 6.08 Å². The Morgan fingerprint density at radius 3 is 2.26 bits per heavy atom. The van der Waals surface area contributed by atoms with Crippen molar-refractivity contribution in [3.8, 4) is 11.5 Å². The van der Waals surface area contributed by atoms with Crippen LogP contribution in [0.15, 0.2) is 53.0 Å². The lowest BCUT2D eigenvalue weighted by molar-refractivity contribution is -0.138. The maximum atomic E-state index is 11.9. The first-order valence-corrected chi connectivity index (χ1v) is 12.0. The van der Waals surface area contributed by atoms with Crippen molar-refractivity contribution < 1.29 is 24.2 Å². The molecule has 0 bridgehead atoms. The highest BCUT2D eigenvalue weighted by Crippen LogP contribution is 2.23. The molecule has 0 aliphatic carbocycles. The van der Waals surface area contributed by atoms with Crippen LogP contribution >= 0.6 is 15.9 Å². The molecular weight excluding hydrogens is 498 g/mol. The van der Waals surface area contributed by atoms with Gasteiger partial charge < -0.3 is 14.6 Å². The van der Waals surface area contributed by atoms with Crippen molar-refractivity contribution in [1.82, 2.24) is 4.90 Å². The monoisotopic (exact) mass is 533 g/mol. The van der Waals surface area contributed by atoms with E-state index >= 15 is 0 Å². The average Bonchev–Trinajstić information content (AvgIpc) is 2.73. The normalized spacial score (nSPS) is 11.2. The molecule has 0 atom stereocenters. The Hall–Kier alpha value is -2.64. The van der Waals surface area contributed by atoms with Crippen molar-refractivity contribution in [2.75, 3.05) is 19.7 Å². The van der Waals surface area contributed by atoms with Crippen molar-refractivity contribution >= 4 is 33.9 Å². The molecule has 0 saturated carbocycles. The van der Waals surface area contributed by atoms with E-state index in [4.69, 9.17) is 9.47 Å². The number of esters is 2. The highest BCUT2D eigenvalue weighted by Gasteiger charge is 2.09. The minimum atomic E-state index is -0.435. The maximum Gasteiger partial charge on any atom is 0.330 e. The molecule has 0 aliphatic rings. The molecule has 0 unspecified atom stereocenters. The summed E-state index contributed by atoms with van der Waals surface area (Å²) in [5, 5.41) is 9.96. The van der Waals surface area contributed by atoms with E-state index in [1.54, 1.807) is 42.5 Å². The van der Waals surface area contributed by atoms with Crippen LogP contribution in [0.4, 0.5) is 0 Å². The Kier molecular flexibility index (Phi) is 12.6. The summed E-state index contributed by atoms with van der Waals surface area (Å²) in [5.41, 5.74) is 2.10. The SMILES string of the molecule is CC(C)(C)C.CCN(CCOC(=O)/C=C/c1ccc(OC(C)=O)cc1)Cc1cc(Br)ccc1O. The second-order valence-electron chi connectivity index (χ2n) is 9.31. The van der Waals surface area contributed by atoms with E-state index < -0.39 is 5.97 Å². The van der Waals surface area contributed by atoms with E-state index in [2.05, 4.69) is 48.5 Å². The number of nitrogens with zero attached hydrogens (tertiary/aromatic N) is 1. The topological polar surface area (TPSA) is 76.1 Å². The minimum Gasteiger partial charge on any atom is -0.508 e. The zero-order valence-electron chi connectivity index (χ0n) is 20.9. The van der Waals surface area contributed by atoms with Crippen LogP contribution in [0.1, 0.15) is 52.7 Å². The lowest BCUT2D eigenvalue weighted by Gasteiger charge is -2.20. The molecule has 1 N–H and O–H groups in total. The number of ether oxygens (including phenoxy) is 2. The number of likely N-dealkylation sites (N-methyl/N-ethyl adjacent to an activating group) is 1. The number of rotatable bonds is 9. The predicted molar refractivity (Wildman–Crippen MR) is 140 cm³/mol. The van der Waals surface area contributed by atoms with Gasteiger partial charge in [-0.3, -0.25) is 9.69 Å². The van der Waals surface area contributed by atoms with Gasteiger partial charge in [-0.05, 0) is 53.9 Å². The molecule has 2 aromatic carbocycles. The first-order valence-electron chi connectivity index (χ1n) is 11.2. The Bertz CT molecular complexity index is 942. The summed E-state index contributed by atoms with van der Waals surface area (Å²) >= 11 is 3.40. The van der Waals surface area contributed by atoms with Gasteiger partial charge in [-0.1, -0.05) is 62.7 Å². The number of phenolic OH excluding ortho intramolecular Hbond substituents is 1. The van der Waals surface area contributed by atoms with Crippen LogP contribution < -0.4 is 4.74 Å². The number of hydrogen-bond donors (Lipinski definition) is 1. The first kappa shape index (κ1) is 29.4. The van der Waals surface area contributed by atoms with Crippen LogP contribution in [0.5, 0.6) is 11.5 Å². The third-order valence-electron chi connectivity index (χ3n) is 4.09. The maximum absolute atomic E-state index is 11.9. The summed E-state index contributed by atoms with van der Waals surface area (Å²) in [6.45, 7) is 14.2. The molecule has 0 fully saturated rings. The highest BCUT2D eigenvalue weighted by molar-refractivity contribution is 9.10. The number of carbonyl (C=O) groups is 2. The molecule has 2 aromatic rings. The number of carbonyl (C=O) groups excluding carboxylic acids is 2. The van der Waals surface area contributed by atoms with E-state index in [1.807, 2.05) is 13.0 Å². The van der Waals surface area contributed by atoms with E-state index in [1.165, 1.54) is 13.0 Å². The van der Waals surface area contributed by atoms with E-state index in [9.17, 15) is 14.7 Å². The largest absolute Gasteiger partial charge is 0.508 e. The number of benzene rings is 2. The molecule has 0 spiro atoms. The number of aromatic hydroxyl groups is 1. The Labute approximate surface area is 211 Å². The van der Waals surface area contributed by atoms with Gasteiger partial charge in [-0.25, -0.2) is 4.79 Å². The van der Waals surface area contributed by atoms with E-state index in [0.29, 0.717) is 24.3 Å². The fraction of sp³-hybridized carbons (Fsp3) is 0.407. The van der Waals surface area contributed by atoms with Gasteiger partial charge in [0.25, 0.3) is 0 Å². The zero-order valence-corrected chi connectivity index (χ0v) is 22.5. The van der Waals surface area contributed by atoms with Crippen LogP contribution in [-0.2, 0) is 20.9 Å². The molecular formula is C27H36BrNO5. The molecule has 0 heterocycles. The van der Waals surface area contributed by atoms with Gasteiger partial charge in [-0.15, -0.1) is 0 Å². The van der Waals surface area contributed by atoms with E-state index in [-0.39, 0.29) is 18.3 Å². The molecule has 6 nitrogen and oxygen atoms in total. The second-order valence-corrected chi connectivity index (χ2v) is 10.2. The van der Waals surface area contributed by atoms with Gasteiger partial charge in [0.15, 0.2) is 0 Å². The Morgan fingerprint density at radius 2 is 1.71 bits per heavy atom. The summed E-state index contributed by atoms with van der Waals surface area (Å²) in [6.07, 6.45) is 2.99. The van der Waals surface area contributed by atoms with E-state index in [0.717, 1.165) is 22.1 Å². The highest BCUT2D eigenvalue weighted by atomic mass is 79.9. The zero-order chi connectivity index (χ0) is 25.7. The predicted octanol–water partition coefficient (Wildman–Crippen LogP) is 6.21. The molecule has 34 heavy (non-hydrogen) atoms. The molecule has 0 aliphatic heterocycles. The fourth-order valence-electron chi connectivity index (χ4n) is 2.57. The van der Waals surface area contributed by atoms with Crippen LogP contribution in [0.2, 0.25) is 0 Å².